The van der Waals surface area contributed by atoms with E-state index in [9.17, 15) is 43.5 Å². The quantitative estimate of drug-likeness (QED) is 0.0232. The summed E-state index contributed by atoms with van der Waals surface area (Å²) in [6.07, 6.45) is -11.7. The number of benzene rings is 7. The summed E-state index contributed by atoms with van der Waals surface area (Å²) >= 11 is 13.1. The lowest BCUT2D eigenvalue weighted by Crippen LogP contribution is -2.65. The van der Waals surface area contributed by atoms with Gasteiger partial charge in [0.25, 0.3) is 35.4 Å². The van der Waals surface area contributed by atoms with Gasteiger partial charge in [0.2, 0.25) is 5.91 Å². The van der Waals surface area contributed by atoms with Gasteiger partial charge in [0.1, 0.15) is 90.0 Å². The number of carboxylic acids is 1. The van der Waals surface area contributed by atoms with Gasteiger partial charge in [0.15, 0.2) is 0 Å². The maximum atomic E-state index is 16.1. The van der Waals surface area contributed by atoms with Crippen molar-refractivity contribution >= 4 is 128 Å². The molecule has 0 radical (unpaired) electrons. The largest absolute Gasteiger partial charge is 0.480 e. The molecular weight excluding hydrogens is 1480 g/mol. The van der Waals surface area contributed by atoms with E-state index < -0.39 is 197 Å². The van der Waals surface area contributed by atoms with Crippen LogP contribution in [0.1, 0.15) is 52.8 Å². The van der Waals surface area contributed by atoms with E-state index in [0.29, 0.717) is 22.3 Å². The second kappa shape index (κ2) is 42.7. The van der Waals surface area contributed by atoms with Crippen molar-refractivity contribution < 1.29 is 110 Å². The number of nitrogens with zero attached hydrogens (tertiary/aromatic N) is 7. The highest BCUT2D eigenvalue weighted by atomic mass is 32.1. The number of carbonyl (C=O) groups is 15. The Balaban J connectivity index is 1.35. The van der Waals surface area contributed by atoms with Gasteiger partial charge in [-0.15, -0.1) is 0 Å². The Hall–Kier alpha value is -12.4. The van der Waals surface area contributed by atoms with Gasteiger partial charge >= 0.3 is 48.6 Å². The van der Waals surface area contributed by atoms with E-state index in [1.54, 1.807) is 140 Å². The topological polar surface area (TPSA) is 364 Å². The number of ether oxygens (including phenoxy) is 7. The smallest absolute Gasteiger partial charge is 0.417 e. The van der Waals surface area contributed by atoms with Gasteiger partial charge in [-0.3, -0.25) is 38.4 Å². The standard InChI is InChI=1S/C76H75N7O23S3/c1-51(66(89)82(75(98)105-46-58-34-20-8-21-35-58)60(48-107)67(90)79(72(95)102-43-55-28-14-5-15-29-55)38-63(85)78(40-65(87)88)71(94)101-42-54-26-12-4-13-27-54)80(73(96)103-44-56-30-16-6-17-31-56)68(91)62(50-109)83(76(99)106-47-59-36-22-9-23-37-59)69(92)61(49-108)81(74(97)104-45-57-32-18-7-19-33-57)64(86)39-77(52(2)84)70(93)100-41-53-24-10-3-11-25-53/h3-37,51,60-62,107-109H,38-50H2,1-2H3,(H,87,88)/t51-,60-,61-,62-/m0/s1. The van der Waals surface area contributed by atoms with Crippen LogP contribution in [0.15, 0.2) is 212 Å². The summed E-state index contributed by atoms with van der Waals surface area (Å²) in [6.45, 7) is -6.89. The van der Waals surface area contributed by atoms with Crippen LogP contribution in [-0.4, -0.2) is 190 Å². The molecule has 0 aliphatic rings. The molecular formula is C76H75N7O23S3. The molecule has 0 bridgehead atoms. The number of hydrogen-bond donors (Lipinski definition) is 4. The molecule has 7 rings (SSSR count). The van der Waals surface area contributed by atoms with Crippen molar-refractivity contribution in [3.05, 3.63) is 251 Å². The van der Waals surface area contributed by atoms with Crippen molar-refractivity contribution in [1.82, 2.24) is 34.3 Å². The Morgan fingerprint density at radius 3 is 0.835 bits per heavy atom. The first-order valence-corrected chi connectivity index (χ1v) is 35.1. The first-order valence-electron chi connectivity index (χ1n) is 33.2. The molecule has 7 aromatic rings. The third-order valence-corrected chi connectivity index (χ3v) is 16.8. The Labute approximate surface area is 641 Å². The van der Waals surface area contributed by atoms with Crippen LogP contribution in [0.2, 0.25) is 0 Å². The third kappa shape index (κ3) is 24.6. The molecule has 14 amide bonds. The molecule has 0 fully saturated rings. The number of thiol groups is 3. The number of rotatable bonds is 31. The normalized spacial score (nSPS) is 11.7. The zero-order valence-corrected chi connectivity index (χ0v) is 61.3. The van der Waals surface area contributed by atoms with Gasteiger partial charge in [-0.2, -0.15) is 37.9 Å². The van der Waals surface area contributed by atoms with Crippen LogP contribution in [0.3, 0.4) is 0 Å². The minimum absolute atomic E-state index is 0.00718. The lowest BCUT2D eigenvalue weighted by molar-refractivity contribution is -0.152. The molecule has 0 unspecified atom stereocenters. The molecule has 0 saturated carbocycles. The average molecular weight is 1550 g/mol. The number of amides is 14. The first kappa shape index (κ1) is 83.9. The molecule has 0 spiro atoms. The third-order valence-electron chi connectivity index (χ3n) is 15.7. The van der Waals surface area contributed by atoms with Crippen molar-refractivity contribution in [2.24, 2.45) is 0 Å². The summed E-state index contributed by atoms with van der Waals surface area (Å²) in [7, 11) is 0. The van der Waals surface area contributed by atoms with Crippen LogP contribution in [0.5, 0.6) is 0 Å². The number of hydrogen-bond acceptors (Lipinski definition) is 25. The fraction of sp³-hybridized carbons (Fsp3) is 0.250. The van der Waals surface area contributed by atoms with E-state index in [-0.39, 0.29) is 51.0 Å². The lowest BCUT2D eigenvalue weighted by atomic mass is 10.1. The van der Waals surface area contributed by atoms with Gasteiger partial charge in [0, 0.05) is 24.2 Å². The van der Waals surface area contributed by atoms with Gasteiger partial charge < -0.3 is 38.3 Å². The Morgan fingerprint density at radius 1 is 0.294 bits per heavy atom. The van der Waals surface area contributed by atoms with Crippen molar-refractivity contribution in [1.29, 1.82) is 0 Å². The van der Waals surface area contributed by atoms with E-state index in [0.717, 1.165) is 13.8 Å². The van der Waals surface area contributed by atoms with Crippen molar-refractivity contribution in [3.8, 4) is 0 Å². The molecule has 109 heavy (non-hydrogen) atoms. The first-order chi connectivity index (χ1) is 52.5. The van der Waals surface area contributed by atoms with E-state index in [4.69, 9.17) is 33.2 Å². The zero-order valence-electron chi connectivity index (χ0n) is 58.6. The Kier molecular flexibility index (Phi) is 32.9. The monoisotopic (exact) mass is 1550 g/mol. The van der Waals surface area contributed by atoms with Crippen LogP contribution >= 0.6 is 37.9 Å². The number of carbonyl (C=O) groups excluding carboxylic acids is 14. The van der Waals surface area contributed by atoms with Crippen molar-refractivity contribution in [2.45, 2.75) is 84.3 Å². The maximum absolute atomic E-state index is 16.1. The summed E-state index contributed by atoms with van der Waals surface area (Å²) < 4.78 is 38.6. The summed E-state index contributed by atoms with van der Waals surface area (Å²) in [5.74, 6) is -16.2. The van der Waals surface area contributed by atoms with E-state index >= 15 is 33.6 Å². The number of aliphatic carboxylic acids is 1. The highest BCUT2D eigenvalue weighted by Gasteiger charge is 2.51. The zero-order chi connectivity index (χ0) is 78.9. The fourth-order valence-electron chi connectivity index (χ4n) is 10.1. The number of imide groups is 7. The average Bonchev–Trinajstić information content (AvgIpc) is 0.783. The summed E-state index contributed by atoms with van der Waals surface area (Å²) in [5.41, 5.74) is 2.29. The van der Waals surface area contributed by atoms with E-state index in [2.05, 4.69) is 37.9 Å². The van der Waals surface area contributed by atoms with Crippen LogP contribution in [0.25, 0.3) is 0 Å². The van der Waals surface area contributed by atoms with Crippen LogP contribution in [0, 0.1) is 0 Å². The molecule has 0 aliphatic carbocycles. The summed E-state index contributed by atoms with van der Waals surface area (Å²) in [4.78, 5) is 221. The second-order valence-electron chi connectivity index (χ2n) is 23.3. The predicted molar refractivity (Wildman–Crippen MR) is 395 cm³/mol. The highest BCUT2D eigenvalue weighted by molar-refractivity contribution is 7.80. The number of carboxylic acid groups (broad SMARTS) is 1. The van der Waals surface area contributed by atoms with Crippen molar-refractivity contribution in [3.63, 3.8) is 0 Å². The molecule has 30 nitrogen and oxygen atoms in total. The minimum atomic E-state index is -2.57. The molecule has 7 aromatic carbocycles. The molecule has 1 N–H and O–H groups in total. The molecule has 570 valence electrons. The SMILES string of the molecule is CC(=O)N(CC(=O)N(C(=O)OCc1ccccc1)[C@@H](CS)C(=O)N(C(=O)OCc1ccccc1)[C@@H](CS)C(=O)N(C(=O)OCc1ccccc1)[C@@H](C)C(=O)N(C(=O)OCc1ccccc1)[C@@H](CS)C(=O)N(CC(=O)N(CC(=O)O)C(=O)OCc1ccccc1)C(=O)OCc1ccccc1)C(=O)OCc1ccccc1. The van der Waals surface area contributed by atoms with Gasteiger partial charge in [-0.05, 0) is 45.9 Å². The lowest BCUT2D eigenvalue weighted by Gasteiger charge is -2.38. The highest BCUT2D eigenvalue weighted by Crippen LogP contribution is 2.24. The molecule has 0 heterocycles. The maximum Gasteiger partial charge on any atom is 0.417 e. The fourth-order valence-corrected chi connectivity index (χ4v) is 11.1. The van der Waals surface area contributed by atoms with Crippen LogP contribution < -0.4 is 0 Å². The van der Waals surface area contributed by atoms with Crippen LogP contribution in [-0.2, 0) is 118 Å². The molecule has 4 atom stereocenters. The van der Waals surface area contributed by atoms with Gasteiger partial charge in [0.05, 0.1) is 0 Å². The van der Waals surface area contributed by atoms with Gasteiger partial charge in [-0.1, -0.05) is 212 Å². The predicted octanol–water partition coefficient (Wildman–Crippen LogP) is 9.53. The molecule has 0 aromatic heterocycles. The Morgan fingerprint density at radius 2 is 0.532 bits per heavy atom. The van der Waals surface area contributed by atoms with Crippen LogP contribution in [0.4, 0.5) is 33.6 Å². The summed E-state index contributed by atoms with van der Waals surface area (Å²) in [6, 6.07) is 44.6. The molecule has 0 saturated heterocycles. The van der Waals surface area contributed by atoms with E-state index in [1.807, 2.05) is 0 Å². The Bertz CT molecular complexity index is 4320. The molecule has 33 heteroatoms. The second-order valence-corrected chi connectivity index (χ2v) is 24.4. The van der Waals surface area contributed by atoms with Crippen molar-refractivity contribution in [2.75, 3.05) is 36.9 Å². The van der Waals surface area contributed by atoms with E-state index in [1.165, 1.54) is 72.8 Å². The summed E-state index contributed by atoms with van der Waals surface area (Å²) in [5, 5.41) is 9.95. The molecule has 0 aliphatic heterocycles. The minimum Gasteiger partial charge on any atom is -0.480 e. The van der Waals surface area contributed by atoms with Gasteiger partial charge in [-0.25, -0.2) is 67.9 Å².